The lowest BCUT2D eigenvalue weighted by Crippen LogP contribution is -2.13. The van der Waals surface area contributed by atoms with Crippen LogP contribution in [-0.2, 0) is 0 Å². The maximum atomic E-state index is 13.4. The second kappa shape index (κ2) is 11.6. The van der Waals surface area contributed by atoms with Crippen molar-refractivity contribution in [3.05, 3.63) is 96.6 Å². The van der Waals surface area contributed by atoms with Crippen molar-refractivity contribution in [3.63, 3.8) is 0 Å². The van der Waals surface area contributed by atoms with Crippen LogP contribution in [-0.4, -0.2) is 44.0 Å². The number of anilines is 3. The molecule has 1 aromatic heterocycles. The summed E-state index contributed by atoms with van der Waals surface area (Å²) in [5.74, 6) is 3.26. The van der Waals surface area contributed by atoms with Crippen LogP contribution in [0.4, 0.5) is 17.2 Å². The van der Waals surface area contributed by atoms with Crippen molar-refractivity contribution in [1.29, 1.82) is 0 Å². The molecule has 0 saturated carbocycles. The van der Waals surface area contributed by atoms with Crippen LogP contribution in [0.1, 0.15) is 10.4 Å². The lowest BCUT2D eigenvalue weighted by Gasteiger charge is -2.15. The third kappa shape index (κ3) is 5.33. The summed E-state index contributed by atoms with van der Waals surface area (Å²) in [6.45, 7) is 0.177. The molecule has 0 radical (unpaired) electrons. The maximum Gasteiger partial charge on any atom is 0.255 e. The molecule has 0 bridgehead atoms. The highest BCUT2D eigenvalue weighted by Gasteiger charge is 2.19. The van der Waals surface area contributed by atoms with Crippen molar-refractivity contribution in [2.75, 3.05) is 38.8 Å². The molecule has 1 amide bonds. The van der Waals surface area contributed by atoms with Crippen LogP contribution in [0.5, 0.6) is 28.7 Å². The van der Waals surface area contributed by atoms with Crippen LogP contribution in [0.3, 0.4) is 0 Å². The van der Waals surface area contributed by atoms with Gasteiger partial charge in [-0.15, -0.1) is 0 Å². The van der Waals surface area contributed by atoms with Gasteiger partial charge < -0.3 is 34.3 Å². The van der Waals surface area contributed by atoms with E-state index >= 15 is 0 Å². The van der Waals surface area contributed by atoms with E-state index in [0.29, 0.717) is 62.5 Å². The first-order valence-electron chi connectivity index (χ1n) is 14.1. The molecule has 0 fully saturated rings. The van der Waals surface area contributed by atoms with E-state index in [1.165, 1.54) is 21.3 Å². The fourth-order valence-electron chi connectivity index (χ4n) is 5.29. The van der Waals surface area contributed by atoms with Crippen LogP contribution >= 0.6 is 0 Å². The van der Waals surface area contributed by atoms with E-state index in [0.717, 1.165) is 22.0 Å². The highest BCUT2D eigenvalue weighted by Crippen LogP contribution is 2.39. The molecule has 0 saturated heterocycles. The Bertz CT molecular complexity index is 2070. The van der Waals surface area contributed by atoms with E-state index in [1.807, 2.05) is 48.5 Å². The van der Waals surface area contributed by atoms with Gasteiger partial charge in [-0.2, -0.15) is 0 Å². The molecule has 2 N–H and O–H groups in total. The van der Waals surface area contributed by atoms with E-state index in [2.05, 4.69) is 34.9 Å². The number of carbonyl (C=O) groups excluding carboxylic acids is 1. The molecule has 0 atom stereocenters. The predicted molar refractivity (Wildman–Crippen MR) is 172 cm³/mol. The third-order valence-electron chi connectivity index (χ3n) is 7.52. The minimum Gasteiger partial charge on any atom is -0.493 e. The molecule has 0 aliphatic carbocycles. The maximum absolute atomic E-state index is 13.4. The van der Waals surface area contributed by atoms with E-state index in [4.69, 9.17) is 33.7 Å². The molecule has 10 heteroatoms. The summed E-state index contributed by atoms with van der Waals surface area (Å²) in [6, 6.07) is 28.6. The SMILES string of the molecule is COc1cc(C(=O)Nc2ccc3nc(-c4ccc5ccccc5c4)nc(Nc4ccc5c(c4)OCO5)c3c2)cc(OC)c1OC. The Morgan fingerprint density at radius 1 is 0.733 bits per heavy atom. The van der Waals surface area contributed by atoms with Crippen molar-refractivity contribution >= 4 is 44.8 Å². The second-order valence-corrected chi connectivity index (χ2v) is 10.3. The highest BCUT2D eigenvalue weighted by atomic mass is 16.7. The van der Waals surface area contributed by atoms with Crippen molar-refractivity contribution in [2.24, 2.45) is 0 Å². The molecule has 7 rings (SSSR count). The number of rotatable bonds is 8. The number of benzene rings is 5. The normalized spacial score (nSPS) is 11.8. The first-order chi connectivity index (χ1) is 22.0. The zero-order chi connectivity index (χ0) is 30.9. The quantitative estimate of drug-likeness (QED) is 0.187. The summed E-state index contributed by atoms with van der Waals surface area (Å²) in [7, 11) is 4.52. The van der Waals surface area contributed by atoms with Crippen LogP contribution < -0.4 is 34.3 Å². The largest absolute Gasteiger partial charge is 0.493 e. The van der Waals surface area contributed by atoms with Gasteiger partial charge >= 0.3 is 0 Å². The number of hydrogen-bond donors (Lipinski definition) is 2. The summed E-state index contributed by atoms with van der Waals surface area (Å²) in [6.07, 6.45) is 0. The summed E-state index contributed by atoms with van der Waals surface area (Å²) in [5.41, 5.74) is 3.23. The van der Waals surface area contributed by atoms with E-state index in [1.54, 1.807) is 18.2 Å². The lowest BCUT2D eigenvalue weighted by atomic mass is 10.1. The second-order valence-electron chi connectivity index (χ2n) is 10.3. The fraction of sp³-hybridized carbons (Fsp3) is 0.114. The molecule has 6 aromatic rings. The Kier molecular flexibility index (Phi) is 7.14. The van der Waals surface area contributed by atoms with Crippen molar-refractivity contribution in [3.8, 4) is 40.1 Å². The first kappa shape index (κ1) is 27.8. The molecular weight excluding hydrogens is 572 g/mol. The number of nitrogens with zero attached hydrogens (tertiary/aromatic N) is 2. The van der Waals surface area contributed by atoms with Crippen LogP contribution in [0.25, 0.3) is 33.1 Å². The third-order valence-corrected chi connectivity index (χ3v) is 7.52. The van der Waals surface area contributed by atoms with Gasteiger partial charge in [0, 0.05) is 34.0 Å². The van der Waals surface area contributed by atoms with Gasteiger partial charge in [-0.3, -0.25) is 4.79 Å². The molecule has 1 aliphatic heterocycles. The van der Waals surface area contributed by atoms with E-state index in [9.17, 15) is 4.79 Å². The molecule has 45 heavy (non-hydrogen) atoms. The number of fused-ring (bicyclic) bond motifs is 3. The molecule has 0 unspecified atom stereocenters. The molecule has 1 aliphatic rings. The Balaban J connectivity index is 1.28. The smallest absolute Gasteiger partial charge is 0.255 e. The summed E-state index contributed by atoms with van der Waals surface area (Å²) in [5, 5.41) is 9.34. The summed E-state index contributed by atoms with van der Waals surface area (Å²) >= 11 is 0. The number of hydrogen-bond acceptors (Lipinski definition) is 9. The number of nitrogens with one attached hydrogen (secondary N) is 2. The highest BCUT2D eigenvalue weighted by molar-refractivity contribution is 6.06. The standard InChI is InChI=1S/C35H28N4O6/c1-41-30-15-23(16-31(42-2)32(30)43-3)35(40)37-24-10-12-27-26(17-24)34(36-25-11-13-28-29(18-25)45-19-44-28)39-33(38-27)22-9-8-20-6-4-5-7-21(20)14-22/h4-18H,19H2,1-3H3,(H,37,40)(H,36,38,39). The van der Waals surface area contributed by atoms with Gasteiger partial charge in [-0.25, -0.2) is 9.97 Å². The van der Waals surface area contributed by atoms with Gasteiger partial charge in [0.25, 0.3) is 5.91 Å². The Hall–Kier alpha value is -6.03. The Morgan fingerprint density at radius 3 is 2.27 bits per heavy atom. The van der Waals surface area contributed by atoms with Gasteiger partial charge in [0.1, 0.15) is 5.82 Å². The predicted octanol–water partition coefficient (Wildman–Crippen LogP) is 7.20. The molecule has 0 spiro atoms. The molecule has 10 nitrogen and oxygen atoms in total. The number of aromatic nitrogens is 2. The zero-order valence-electron chi connectivity index (χ0n) is 24.7. The molecule has 224 valence electrons. The number of ether oxygens (including phenoxy) is 5. The van der Waals surface area contributed by atoms with Crippen molar-refractivity contribution < 1.29 is 28.5 Å². The topological polar surface area (TPSA) is 113 Å². The minimum absolute atomic E-state index is 0.177. The molecule has 5 aromatic carbocycles. The van der Waals surface area contributed by atoms with Gasteiger partial charge in [0.15, 0.2) is 28.8 Å². The number of amides is 1. The lowest BCUT2D eigenvalue weighted by molar-refractivity contribution is 0.102. The molecular formula is C35H28N4O6. The van der Waals surface area contributed by atoms with Gasteiger partial charge in [-0.1, -0.05) is 36.4 Å². The Labute approximate surface area is 258 Å². The zero-order valence-corrected chi connectivity index (χ0v) is 24.7. The van der Waals surface area contributed by atoms with Gasteiger partial charge in [0.2, 0.25) is 12.5 Å². The summed E-state index contributed by atoms with van der Waals surface area (Å²) < 4.78 is 27.3. The van der Waals surface area contributed by atoms with Crippen LogP contribution in [0.15, 0.2) is 91.0 Å². The van der Waals surface area contributed by atoms with Crippen molar-refractivity contribution in [2.45, 2.75) is 0 Å². The number of carbonyl (C=O) groups is 1. The summed E-state index contributed by atoms with van der Waals surface area (Å²) in [4.78, 5) is 23.2. The fourth-order valence-corrected chi connectivity index (χ4v) is 5.29. The van der Waals surface area contributed by atoms with Gasteiger partial charge in [0.05, 0.1) is 26.8 Å². The van der Waals surface area contributed by atoms with Crippen molar-refractivity contribution in [1.82, 2.24) is 9.97 Å². The van der Waals surface area contributed by atoms with Crippen LogP contribution in [0.2, 0.25) is 0 Å². The average Bonchev–Trinajstić information content (AvgIpc) is 3.55. The van der Waals surface area contributed by atoms with Crippen LogP contribution in [0, 0.1) is 0 Å². The van der Waals surface area contributed by atoms with E-state index in [-0.39, 0.29) is 12.7 Å². The van der Waals surface area contributed by atoms with Gasteiger partial charge in [-0.05, 0) is 59.3 Å². The monoisotopic (exact) mass is 600 g/mol. The first-order valence-corrected chi connectivity index (χ1v) is 14.1. The van der Waals surface area contributed by atoms with E-state index < -0.39 is 0 Å². The molecule has 2 heterocycles. The number of methoxy groups -OCH3 is 3. The Morgan fingerprint density at radius 2 is 1.49 bits per heavy atom. The minimum atomic E-state index is -0.354. The average molecular weight is 601 g/mol.